The molecule has 2 saturated heterocycles. The number of nitrogens with one attached hydrogen (secondary N) is 1. The van der Waals surface area contributed by atoms with E-state index in [0.29, 0.717) is 41.1 Å². The fourth-order valence-corrected chi connectivity index (χ4v) is 9.77. The lowest BCUT2D eigenvalue weighted by molar-refractivity contribution is -0.118. The number of benzene rings is 4. The Morgan fingerprint density at radius 1 is 0.733 bits per heavy atom. The van der Waals surface area contributed by atoms with Crippen LogP contribution in [-0.4, -0.2) is 34.0 Å². The van der Waals surface area contributed by atoms with Gasteiger partial charge in [-0.1, -0.05) is 100 Å². The van der Waals surface area contributed by atoms with Crippen LogP contribution in [0.1, 0.15) is 96.0 Å². The van der Waals surface area contributed by atoms with Gasteiger partial charge in [0.25, 0.3) is 0 Å². The maximum absolute atomic E-state index is 14.7. The maximum Gasteiger partial charge on any atom is 0.229 e. The lowest BCUT2D eigenvalue weighted by Gasteiger charge is -2.42. The zero-order valence-electron chi connectivity index (χ0n) is 33.6. The summed E-state index contributed by atoms with van der Waals surface area (Å²) in [6.45, 7) is 2.23. The molecule has 4 heterocycles. The highest BCUT2D eigenvalue weighted by Gasteiger charge is 2.52. The summed E-state index contributed by atoms with van der Waals surface area (Å²) in [6, 6.07) is 19.2. The van der Waals surface area contributed by atoms with Crippen molar-refractivity contribution in [2.24, 2.45) is 4.99 Å². The number of aliphatic hydroxyl groups excluding tert-OH is 1. The van der Waals surface area contributed by atoms with E-state index in [9.17, 15) is 19.5 Å². The predicted octanol–water partition coefficient (Wildman–Crippen LogP) is 7.58. The van der Waals surface area contributed by atoms with Crippen molar-refractivity contribution in [2.75, 3.05) is 15.1 Å². The minimum Gasteiger partial charge on any atom is -0.506 e. The van der Waals surface area contributed by atoms with Gasteiger partial charge >= 0.3 is 0 Å². The Hall–Kier alpha value is -7.18. The van der Waals surface area contributed by atoms with Crippen molar-refractivity contribution in [3.8, 4) is 59.7 Å². The first-order chi connectivity index (χ1) is 29.3. The summed E-state index contributed by atoms with van der Waals surface area (Å²) in [6.07, 6.45) is 16.8. The first-order valence-electron chi connectivity index (χ1n) is 20.9. The third kappa shape index (κ3) is 6.18. The van der Waals surface area contributed by atoms with Crippen LogP contribution in [-0.2, 0) is 14.4 Å². The molecular formula is C52H42N4O4. The van der Waals surface area contributed by atoms with Gasteiger partial charge in [-0.25, -0.2) is 0 Å². The minimum absolute atomic E-state index is 0.0577. The number of fused-ring (bicyclic) bond motifs is 4. The van der Waals surface area contributed by atoms with Crippen molar-refractivity contribution in [1.82, 2.24) is 0 Å². The number of hydrogen-bond donors (Lipinski definition) is 2. The van der Waals surface area contributed by atoms with Crippen LogP contribution in [0.15, 0.2) is 71.4 Å². The summed E-state index contributed by atoms with van der Waals surface area (Å²) in [5, 5.41) is 20.2. The number of aliphatic hydroxyl groups is 1. The van der Waals surface area contributed by atoms with E-state index in [1.807, 2.05) is 59.5 Å². The van der Waals surface area contributed by atoms with Crippen LogP contribution in [0.2, 0.25) is 0 Å². The third-order valence-electron chi connectivity index (χ3n) is 12.5. The molecule has 0 bridgehead atoms. The molecule has 0 spiro atoms. The summed E-state index contributed by atoms with van der Waals surface area (Å²) in [5.74, 6) is 23.1. The fraction of sp³-hybridized carbons (Fsp3) is 0.308. The highest BCUT2D eigenvalue weighted by molar-refractivity contribution is 6.52. The molecule has 8 nitrogen and oxygen atoms in total. The van der Waals surface area contributed by atoms with Gasteiger partial charge in [0.15, 0.2) is 5.66 Å². The SMILES string of the molecule is C#CC#CC#CC#CC#CC12CCC(=O)N1c1c(C3=C(O)/C(=c4\ccc5cccc6c5c4=NC4(CCCCCCCCCC)CCC(=O)N64)C3=O)ccc3cccc(c13)N2. The van der Waals surface area contributed by atoms with E-state index in [2.05, 4.69) is 65.5 Å². The highest BCUT2D eigenvalue weighted by Crippen LogP contribution is 2.52. The van der Waals surface area contributed by atoms with E-state index in [0.717, 1.165) is 58.6 Å². The smallest absolute Gasteiger partial charge is 0.229 e. The molecule has 9 rings (SSSR count). The van der Waals surface area contributed by atoms with Gasteiger partial charge in [-0.05, 0) is 89.0 Å². The molecule has 2 N–H and O–H groups in total. The molecule has 8 heteroatoms. The second kappa shape index (κ2) is 15.5. The van der Waals surface area contributed by atoms with E-state index >= 15 is 0 Å². The van der Waals surface area contributed by atoms with Crippen LogP contribution in [0.3, 0.4) is 0 Å². The predicted molar refractivity (Wildman–Crippen MR) is 236 cm³/mol. The van der Waals surface area contributed by atoms with Gasteiger partial charge in [-0.2, -0.15) is 0 Å². The van der Waals surface area contributed by atoms with Gasteiger partial charge in [0.1, 0.15) is 11.4 Å². The van der Waals surface area contributed by atoms with Gasteiger partial charge in [-0.15, -0.1) is 6.42 Å². The number of rotatable bonds is 10. The first kappa shape index (κ1) is 38.3. The molecule has 294 valence electrons. The van der Waals surface area contributed by atoms with Gasteiger partial charge < -0.3 is 10.4 Å². The van der Waals surface area contributed by atoms with Gasteiger partial charge in [0, 0.05) is 52.9 Å². The normalized spacial score (nSPS) is 21.2. The molecule has 0 aromatic heterocycles. The largest absolute Gasteiger partial charge is 0.506 e. The van der Waals surface area contributed by atoms with E-state index in [-0.39, 0.29) is 40.9 Å². The van der Waals surface area contributed by atoms with E-state index in [1.165, 1.54) is 32.1 Å². The van der Waals surface area contributed by atoms with Crippen LogP contribution in [0.25, 0.3) is 32.7 Å². The van der Waals surface area contributed by atoms with Crippen molar-refractivity contribution in [2.45, 2.75) is 102 Å². The number of unbranched alkanes of at least 4 members (excludes halogenated alkanes) is 7. The number of allylic oxidation sites excluding steroid dienone is 2. The molecule has 0 saturated carbocycles. The Labute approximate surface area is 349 Å². The lowest BCUT2D eigenvalue weighted by atomic mass is 9.79. The molecule has 4 aromatic carbocycles. The first-order valence-corrected chi connectivity index (χ1v) is 20.9. The molecule has 0 radical (unpaired) electrons. The highest BCUT2D eigenvalue weighted by atomic mass is 16.3. The van der Waals surface area contributed by atoms with Gasteiger partial charge in [0.2, 0.25) is 17.6 Å². The summed E-state index contributed by atoms with van der Waals surface area (Å²) >= 11 is 0. The topological polar surface area (TPSA) is 102 Å². The molecule has 2 amide bonds. The summed E-state index contributed by atoms with van der Waals surface area (Å²) in [5.41, 5.74) is 0.909. The average molecular weight is 787 g/mol. The number of ketones is 1. The Balaban J connectivity index is 1.16. The lowest BCUT2D eigenvalue weighted by Crippen LogP contribution is -2.53. The van der Waals surface area contributed by atoms with Crippen molar-refractivity contribution >= 4 is 67.4 Å². The number of anilines is 3. The number of Topliss-reactive ketones (excluding diaryl/α,β-unsaturated/α-hetero) is 1. The summed E-state index contributed by atoms with van der Waals surface area (Å²) in [4.78, 5) is 51.2. The number of amides is 2. The number of hydrogen-bond acceptors (Lipinski definition) is 6. The Morgan fingerprint density at radius 3 is 2.17 bits per heavy atom. The van der Waals surface area contributed by atoms with Crippen molar-refractivity contribution < 1.29 is 19.5 Å². The third-order valence-corrected chi connectivity index (χ3v) is 12.5. The van der Waals surface area contributed by atoms with Gasteiger partial charge in [-0.3, -0.25) is 29.2 Å². The molecule has 1 aliphatic carbocycles. The Bertz CT molecular complexity index is 3050. The van der Waals surface area contributed by atoms with E-state index in [1.54, 1.807) is 11.0 Å². The molecule has 2 unspecified atom stereocenters. The number of carbonyl (C=O) groups is 3. The number of carbonyl (C=O) groups excluding carboxylic acids is 3. The maximum atomic E-state index is 14.7. The molecule has 60 heavy (non-hydrogen) atoms. The van der Waals surface area contributed by atoms with Crippen LogP contribution >= 0.6 is 0 Å². The monoisotopic (exact) mass is 786 g/mol. The molecule has 4 aromatic rings. The van der Waals surface area contributed by atoms with Crippen LogP contribution < -0.4 is 25.7 Å². The fourth-order valence-electron chi connectivity index (χ4n) is 9.77. The molecule has 2 fully saturated rings. The van der Waals surface area contributed by atoms with Crippen molar-refractivity contribution in [3.63, 3.8) is 0 Å². The minimum atomic E-state index is -1.15. The number of nitrogens with zero attached hydrogens (tertiary/aromatic N) is 3. The van der Waals surface area contributed by atoms with Crippen molar-refractivity contribution in [3.05, 3.63) is 82.6 Å². The summed E-state index contributed by atoms with van der Waals surface area (Å²) in [7, 11) is 0. The standard InChI is InChI=1S/C52H42N4O4/c1-3-5-7-9-11-13-15-17-31-51-33-30-42(58)56(51)48-38(28-26-35-21-19-23-39(53-51)43(35)48)46-49(59)45(50(46)60)37-27-25-36-22-20-24-40-44(36)47(37)54-52(34-29-41(57)55(40)52)32-18-16-14-12-10-8-6-4-2/h1,19-28,53,59H,4,6,8,10,12,14,16,18,29-30,32-34H2,2H3/b45-37-. The second-order valence-electron chi connectivity index (χ2n) is 16.0. The quantitative estimate of drug-likeness (QED) is 0.128. The molecular weight excluding hydrogens is 745 g/mol. The van der Waals surface area contributed by atoms with E-state index < -0.39 is 11.3 Å². The Morgan fingerprint density at radius 2 is 1.40 bits per heavy atom. The van der Waals surface area contributed by atoms with Gasteiger partial charge in [0.05, 0.1) is 27.9 Å². The Kier molecular flexibility index (Phi) is 9.93. The zero-order valence-corrected chi connectivity index (χ0v) is 33.6. The average Bonchev–Trinajstić information content (AvgIpc) is 3.77. The zero-order chi connectivity index (χ0) is 41.4. The second-order valence-corrected chi connectivity index (χ2v) is 16.0. The molecule has 4 aliphatic heterocycles. The molecule has 2 atom stereocenters. The van der Waals surface area contributed by atoms with Crippen LogP contribution in [0.5, 0.6) is 0 Å². The molecule has 5 aliphatic rings. The van der Waals surface area contributed by atoms with Crippen LogP contribution in [0, 0.1) is 59.7 Å². The summed E-state index contributed by atoms with van der Waals surface area (Å²) < 4.78 is 0. The van der Waals surface area contributed by atoms with Crippen molar-refractivity contribution in [1.29, 1.82) is 0 Å². The van der Waals surface area contributed by atoms with E-state index in [4.69, 9.17) is 11.4 Å². The van der Waals surface area contributed by atoms with Crippen LogP contribution in [0.4, 0.5) is 17.1 Å². The number of terminal acetylenes is 1.